The molecule has 0 heterocycles. The summed E-state index contributed by atoms with van der Waals surface area (Å²) < 4.78 is 25.4. The lowest BCUT2D eigenvalue weighted by atomic mass is 10.2. The third-order valence-corrected chi connectivity index (χ3v) is 1.87. The molecule has 0 saturated heterocycles. The normalized spacial score (nSPS) is 10.7. The quantitative estimate of drug-likeness (QED) is 0.758. The van der Waals surface area contributed by atoms with Crippen molar-refractivity contribution in [2.45, 2.75) is 0 Å². The van der Waals surface area contributed by atoms with Crippen molar-refractivity contribution in [1.29, 1.82) is 0 Å². The summed E-state index contributed by atoms with van der Waals surface area (Å²) in [6, 6.07) is 3.00. The van der Waals surface area contributed by atoms with E-state index in [1.807, 2.05) is 0 Å². The molecule has 0 radical (unpaired) electrons. The van der Waals surface area contributed by atoms with Gasteiger partial charge in [-0.15, -0.1) is 0 Å². The first-order valence-corrected chi connectivity index (χ1v) is 4.73. The second-order valence-corrected chi connectivity index (χ2v) is 3.05. The smallest absolute Gasteiger partial charge is 0.251 e. The van der Waals surface area contributed by atoms with Gasteiger partial charge in [0.25, 0.3) is 5.91 Å². The van der Waals surface area contributed by atoms with Gasteiger partial charge in [0.2, 0.25) is 0 Å². The van der Waals surface area contributed by atoms with Gasteiger partial charge in [0, 0.05) is 18.7 Å². The Hall–Kier alpha value is -1.75. The predicted molar refractivity (Wildman–Crippen MR) is 56.9 cm³/mol. The van der Waals surface area contributed by atoms with E-state index in [0.29, 0.717) is 13.1 Å². The highest BCUT2D eigenvalue weighted by atomic mass is 19.2. The molecule has 0 aliphatic heterocycles. The van der Waals surface area contributed by atoms with E-state index in [1.54, 1.807) is 12.2 Å². The summed E-state index contributed by atoms with van der Waals surface area (Å²) in [4.78, 5) is 11.4. The standard InChI is InChI=1S/C11H12F2N2O/c12-9-4-3-8(7-10(9)13)11(16)15-6-2-1-5-14/h1-4,7H,5-6,14H2,(H,15,16)/b2-1+. The average molecular weight is 226 g/mol. The van der Waals surface area contributed by atoms with E-state index in [1.165, 1.54) is 6.07 Å². The fourth-order valence-electron chi connectivity index (χ4n) is 1.07. The van der Waals surface area contributed by atoms with Gasteiger partial charge in [-0.2, -0.15) is 0 Å². The molecule has 0 spiro atoms. The average Bonchev–Trinajstić information content (AvgIpc) is 2.28. The van der Waals surface area contributed by atoms with E-state index >= 15 is 0 Å². The van der Waals surface area contributed by atoms with E-state index < -0.39 is 17.5 Å². The Labute approximate surface area is 91.9 Å². The number of benzene rings is 1. The van der Waals surface area contributed by atoms with E-state index in [0.717, 1.165) is 12.1 Å². The van der Waals surface area contributed by atoms with Crippen molar-refractivity contribution in [1.82, 2.24) is 5.32 Å². The molecule has 86 valence electrons. The van der Waals surface area contributed by atoms with Crippen LogP contribution in [0.1, 0.15) is 10.4 Å². The molecule has 0 fully saturated rings. The fraction of sp³-hybridized carbons (Fsp3) is 0.182. The molecular formula is C11H12F2N2O. The van der Waals surface area contributed by atoms with Crippen LogP contribution in [0.15, 0.2) is 30.4 Å². The summed E-state index contributed by atoms with van der Waals surface area (Å²) in [5.41, 5.74) is 5.29. The zero-order valence-electron chi connectivity index (χ0n) is 8.54. The minimum atomic E-state index is -1.04. The van der Waals surface area contributed by atoms with Crippen LogP contribution in [-0.2, 0) is 0 Å². The Morgan fingerprint density at radius 2 is 2.06 bits per heavy atom. The minimum absolute atomic E-state index is 0.0834. The van der Waals surface area contributed by atoms with Gasteiger partial charge in [-0.3, -0.25) is 4.79 Å². The lowest BCUT2D eigenvalue weighted by Gasteiger charge is -2.02. The van der Waals surface area contributed by atoms with Crippen LogP contribution in [0.5, 0.6) is 0 Å². The largest absolute Gasteiger partial charge is 0.349 e. The molecule has 0 bridgehead atoms. The molecule has 3 N–H and O–H groups in total. The van der Waals surface area contributed by atoms with Crippen LogP contribution in [0, 0.1) is 11.6 Å². The van der Waals surface area contributed by atoms with Crippen molar-refractivity contribution in [3.05, 3.63) is 47.5 Å². The molecular weight excluding hydrogens is 214 g/mol. The van der Waals surface area contributed by atoms with Crippen molar-refractivity contribution in [2.24, 2.45) is 5.73 Å². The van der Waals surface area contributed by atoms with Gasteiger partial charge in [-0.1, -0.05) is 12.2 Å². The van der Waals surface area contributed by atoms with Gasteiger partial charge in [-0.05, 0) is 18.2 Å². The third kappa shape index (κ3) is 3.43. The molecule has 0 atom stereocenters. The fourth-order valence-corrected chi connectivity index (χ4v) is 1.07. The highest BCUT2D eigenvalue weighted by molar-refractivity contribution is 5.94. The summed E-state index contributed by atoms with van der Waals surface area (Å²) in [6.45, 7) is 0.691. The van der Waals surface area contributed by atoms with Crippen molar-refractivity contribution in [3.63, 3.8) is 0 Å². The molecule has 5 heteroatoms. The molecule has 1 aromatic carbocycles. The molecule has 1 rings (SSSR count). The number of halogens is 2. The van der Waals surface area contributed by atoms with Crippen LogP contribution in [0.4, 0.5) is 8.78 Å². The van der Waals surface area contributed by atoms with Crippen LogP contribution >= 0.6 is 0 Å². The number of nitrogens with one attached hydrogen (secondary N) is 1. The second-order valence-electron chi connectivity index (χ2n) is 3.05. The molecule has 0 aliphatic carbocycles. The van der Waals surface area contributed by atoms with Gasteiger partial charge in [0.1, 0.15) is 0 Å². The van der Waals surface area contributed by atoms with Crippen LogP contribution in [0.2, 0.25) is 0 Å². The van der Waals surface area contributed by atoms with Gasteiger partial charge < -0.3 is 11.1 Å². The lowest BCUT2D eigenvalue weighted by Crippen LogP contribution is -2.23. The SMILES string of the molecule is NC/C=C/CNC(=O)c1ccc(F)c(F)c1. The number of carbonyl (C=O) groups excluding carboxylic acids is 1. The number of carbonyl (C=O) groups is 1. The van der Waals surface area contributed by atoms with Gasteiger partial charge in [0.15, 0.2) is 11.6 Å². The first-order valence-electron chi connectivity index (χ1n) is 4.73. The zero-order chi connectivity index (χ0) is 12.0. The maximum atomic E-state index is 12.8. The van der Waals surface area contributed by atoms with Gasteiger partial charge in [0.05, 0.1) is 0 Å². The number of hydrogen-bond acceptors (Lipinski definition) is 2. The lowest BCUT2D eigenvalue weighted by molar-refractivity contribution is 0.0957. The molecule has 0 saturated carbocycles. The Morgan fingerprint density at radius 3 is 2.69 bits per heavy atom. The summed E-state index contributed by atoms with van der Waals surface area (Å²) in [7, 11) is 0. The van der Waals surface area contributed by atoms with Crippen molar-refractivity contribution in [2.75, 3.05) is 13.1 Å². The molecule has 0 aromatic heterocycles. The monoisotopic (exact) mass is 226 g/mol. The van der Waals surface area contributed by atoms with Crippen molar-refractivity contribution in [3.8, 4) is 0 Å². The zero-order valence-corrected chi connectivity index (χ0v) is 8.54. The summed E-state index contributed by atoms with van der Waals surface area (Å²) >= 11 is 0. The second kappa shape index (κ2) is 5.97. The molecule has 16 heavy (non-hydrogen) atoms. The predicted octanol–water partition coefficient (Wildman–Crippen LogP) is 1.21. The van der Waals surface area contributed by atoms with Crippen LogP contribution in [-0.4, -0.2) is 19.0 Å². The summed E-state index contributed by atoms with van der Waals surface area (Å²) in [6.07, 6.45) is 3.36. The highest BCUT2D eigenvalue weighted by Gasteiger charge is 2.08. The number of hydrogen-bond donors (Lipinski definition) is 2. The number of amides is 1. The number of rotatable bonds is 4. The van der Waals surface area contributed by atoms with E-state index in [2.05, 4.69) is 5.32 Å². The maximum absolute atomic E-state index is 12.8. The van der Waals surface area contributed by atoms with Gasteiger partial charge in [-0.25, -0.2) is 8.78 Å². The Kier molecular flexibility index (Phi) is 4.60. The summed E-state index contributed by atoms with van der Waals surface area (Å²) in [5, 5.41) is 2.51. The van der Waals surface area contributed by atoms with Crippen molar-refractivity contribution < 1.29 is 13.6 Å². The van der Waals surface area contributed by atoms with E-state index in [-0.39, 0.29) is 5.56 Å². The molecule has 1 amide bonds. The van der Waals surface area contributed by atoms with Gasteiger partial charge >= 0.3 is 0 Å². The van der Waals surface area contributed by atoms with E-state index in [9.17, 15) is 13.6 Å². The minimum Gasteiger partial charge on any atom is -0.349 e. The Morgan fingerprint density at radius 1 is 1.31 bits per heavy atom. The maximum Gasteiger partial charge on any atom is 0.251 e. The molecule has 0 unspecified atom stereocenters. The number of nitrogens with two attached hydrogens (primary N) is 1. The van der Waals surface area contributed by atoms with Crippen LogP contribution < -0.4 is 11.1 Å². The summed E-state index contributed by atoms with van der Waals surface area (Å²) in [5.74, 6) is -2.47. The third-order valence-electron chi connectivity index (χ3n) is 1.87. The Balaban J connectivity index is 2.59. The Bertz CT molecular complexity index is 405. The molecule has 0 aliphatic rings. The van der Waals surface area contributed by atoms with Crippen molar-refractivity contribution >= 4 is 5.91 Å². The topological polar surface area (TPSA) is 55.1 Å². The first-order chi connectivity index (χ1) is 7.65. The molecule has 3 nitrogen and oxygen atoms in total. The van der Waals surface area contributed by atoms with Crippen LogP contribution in [0.3, 0.4) is 0 Å². The first kappa shape index (κ1) is 12.3. The molecule has 1 aromatic rings. The van der Waals surface area contributed by atoms with E-state index in [4.69, 9.17) is 5.73 Å². The van der Waals surface area contributed by atoms with Crippen LogP contribution in [0.25, 0.3) is 0 Å². The highest BCUT2D eigenvalue weighted by Crippen LogP contribution is 2.08.